The van der Waals surface area contributed by atoms with Gasteiger partial charge in [-0.1, -0.05) is 25.2 Å². The topological polar surface area (TPSA) is 46.3 Å². The van der Waals surface area contributed by atoms with E-state index in [9.17, 15) is 4.79 Å². The average molecular weight is 292 g/mol. The maximum Gasteiger partial charge on any atom is 0.186 e. The molecule has 0 aromatic carbocycles. The fourth-order valence-electron chi connectivity index (χ4n) is 2.00. The molecule has 5 heteroatoms. The van der Waals surface area contributed by atoms with E-state index in [1.54, 1.807) is 0 Å². The highest BCUT2D eigenvalue weighted by Crippen LogP contribution is 2.31. The van der Waals surface area contributed by atoms with Gasteiger partial charge in [-0.2, -0.15) is 0 Å². The molecule has 0 N–H and O–H groups in total. The number of aldehydes is 1. The molecule has 108 valence electrons. The van der Waals surface area contributed by atoms with Crippen LogP contribution in [0.5, 0.6) is 0 Å². The highest BCUT2D eigenvalue weighted by Gasteiger charge is 2.18. The summed E-state index contributed by atoms with van der Waals surface area (Å²) in [5, 5.41) is 0.858. The summed E-state index contributed by atoms with van der Waals surface area (Å²) < 4.78 is 5.57. The maximum absolute atomic E-state index is 11.2. The largest absolute Gasteiger partial charge is 0.464 e. The Kier molecular flexibility index (Phi) is 4.60. The second kappa shape index (κ2) is 6.22. The summed E-state index contributed by atoms with van der Waals surface area (Å²) in [6, 6.07) is 3.92. The van der Waals surface area contributed by atoms with E-state index >= 15 is 0 Å². The van der Waals surface area contributed by atoms with Crippen LogP contribution in [0.1, 0.15) is 53.1 Å². The molecule has 20 heavy (non-hydrogen) atoms. The lowest BCUT2D eigenvalue weighted by atomic mass is 10.0. The predicted octanol–water partition coefficient (Wildman–Crippen LogP) is 4.01. The van der Waals surface area contributed by atoms with Crippen LogP contribution in [0.15, 0.2) is 16.5 Å². The number of anilines is 1. The lowest BCUT2D eigenvalue weighted by molar-refractivity contribution is 0.112. The monoisotopic (exact) mass is 292 g/mol. The van der Waals surface area contributed by atoms with Gasteiger partial charge in [-0.3, -0.25) is 4.79 Å². The number of carbonyl (C=O) groups is 1. The van der Waals surface area contributed by atoms with Gasteiger partial charge in [0.05, 0.1) is 17.1 Å². The Hall–Kier alpha value is -1.62. The van der Waals surface area contributed by atoms with E-state index in [0.717, 1.165) is 39.9 Å². The van der Waals surface area contributed by atoms with Crippen molar-refractivity contribution in [1.82, 2.24) is 4.98 Å². The van der Waals surface area contributed by atoms with Crippen LogP contribution in [-0.4, -0.2) is 18.3 Å². The number of carbonyl (C=O) groups excluding carboxylic acids is 1. The van der Waals surface area contributed by atoms with Crippen molar-refractivity contribution in [2.45, 2.75) is 39.7 Å². The van der Waals surface area contributed by atoms with Crippen LogP contribution in [-0.2, 0) is 6.54 Å². The van der Waals surface area contributed by atoms with Gasteiger partial charge < -0.3 is 9.32 Å². The highest BCUT2D eigenvalue weighted by atomic mass is 32.1. The third kappa shape index (κ3) is 3.10. The fraction of sp³-hybridized carbons (Fsp3) is 0.467. The molecule has 0 amide bonds. The van der Waals surface area contributed by atoms with E-state index in [4.69, 9.17) is 4.42 Å². The number of aromatic nitrogens is 1. The molecule has 0 saturated heterocycles. The Bertz CT molecular complexity index is 588. The Morgan fingerprint density at radius 3 is 2.80 bits per heavy atom. The van der Waals surface area contributed by atoms with Crippen molar-refractivity contribution >= 4 is 22.8 Å². The normalized spacial score (nSPS) is 12.4. The number of rotatable bonds is 6. The van der Waals surface area contributed by atoms with Crippen LogP contribution in [0.25, 0.3) is 0 Å². The molecule has 0 aliphatic heterocycles. The van der Waals surface area contributed by atoms with Crippen LogP contribution in [0.2, 0.25) is 0 Å². The molecule has 0 radical (unpaired) electrons. The third-order valence-corrected chi connectivity index (χ3v) is 4.48. The Morgan fingerprint density at radius 2 is 2.25 bits per heavy atom. The second-order valence-corrected chi connectivity index (χ2v) is 6.05. The van der Waals surface area contributed by atoms with Crippen molar-refractivity contribution in [2.24, 2.45) is 0 Å². The molecule has 0 fully saturated rings. The van der Waals surface area contributed by atoms with Gasteiger partial charge in [-0.05, 0) is 31.4 Å². The minimum Gasteiger partial charge on any atom is -0.464 e. The van der Waals surface area contributed by atoms with Gasteiger partial charge in [0.2, 0.25) is 0 Å². The summed E-state index contributed by atoms with van der Waals surface area (Å²) >= 11 is 1.44. The van der Waals surface area contributed by atoms with Gasteiger partial charge in [-0.25, -0.2) is 4.98 Å². The molecular weight excluding hydrogens is 272 g/mol. The van der Waals surface area contributed by atoms with Crippen LogP contribution in [0.3, 0.4) is 0 Å². The van der Waals surface area contributed by atoms with E-state index in [0.29, 0.717) is 12.5 Å². The van der Waals surface area contributed by atoms with Crippen LogP contribution >= 0.6 is 11.3 Å². The minimum absolute atomic E-state index is 0.305. The van der Waals surface area contributed by atoms with E-state index in [-0.39, 0.29) is 0 Å². The SMILES string of the molecule is CCC(C)c1nc(N(C)Cc2ccc(C)o2)sc1C=O. The van der Waals surface area contributed by atoms with Crippen molar-refractivity contribution in [1.29, 1.82) is 0 Å². The van der Waals surface area contributed by atoms with Crippen LogP contribution < -0.4 is 4.90 Å². The van der Waals surface area contributed by atoms with E-state index < -0.39 is 0 Å². The first-order valence-corrected chi connectivity index (χ1v) is 7.59. The van der Waals surface area contributed by atoms with Gasteiger partial charge in [0, 0.05) is 7.05 Å². The summed E-state index contributed by atoms with van der Waals surface area (Å²) in [5.74, 6) is 2.11. The molecule has 4 nitrogen and oxygen atoms in total. The summed E-state index contributed by atoms with van der Waals surface area (Å²) in [7, 11) is 1.96. The van der Waals surface area contributed by atoms with Gasteiger partial charge in [-0.15, -0.1) is 0 Å². The van der Waals surface area contributed by atoms with E-state index in [1.807, 2.05) is 31.0 Å². The highest BCUT2D eigenvalue weighted by molar-refractivity contribution is 7.17. The van der Waals surface area contributed by atoms with E-state index in [1.165, 1.54) is 11.3 Å². The number of hydrogen-bond acceptors (Lipinski definition) is 5. The first-order chi connectivity index (χ1) is 9.55. The smallest absolute Gasteiger partial charge is 0.186 e. The predicted molar refractivity (Wildman–Crippen MR) is 81.8 cm³/mol. The molecule has 2 aromatic rings. The first kappa shape index (κ1) is 14.8. The second-order valence-electron chi connectivity index (χ2n) is 5.04. The summed E-state index contributed by atoms with van der Waals surface area (Å²) in [5.41, 5.74) is 0.907. The maximum atomic E-state index is 11.2. The van der Waals surface area contributed by atoms with Crippen molar-refractivity contribution < 1.29 is 9.21 Å². The van der Waals surface area contributed by atoms with Crippen molar-refractivity contribution in [2.75, 3.05) is 11.9 Å². The Morgan fingerprint density at radius 1 is 1.50 bits per heavy atom. The molecule has 2 heterocycles. The van der Waals surface area contributed by atoms with Gasteiger partial charge in [0.15, 0.2) is 11.4 Å². The molecule has 0 saturated carbocycles. The lowest BCUT2D eigenvalue weighted by Crippen LogP contribution is -2.15. The van der Waals surface area contributed by atoms with Crippen molar-refractivity contribution in [3.05, 3.63) is 34.2 Å². The quantitative estimate of drug-likeness (QED) is 0.755. The number of furan rings is 1. The van der Waals surface area contributed by atoms with Gasteiger partial charge in [0.1, 0.15) is 11.5 Å². The molecule has 2 rings (SSSR count). The van der Waals surface area contributed by atoms with Crippen molar-refractivity contribution in [3.8, 4) is 0 Å². The molecule has 0 aliphatic rings. The van der Waals surface area contributed by atoms with E-state index in [2.05, 4.69) is 18.8 Å². The lowest BCUT2D eigenvalue weighted by Gasteiger charge is -2.13. The number of aryl methyl sites for hydroxylation is 1. The number of nitrogens with zero attached hydrogens (tertiary/aromatic N) is 2. The van der Waals surface area contributed by atoms with Crippen molar-refractivity contribution in [3.63, 3.8) is 0 Å². The molecule has 0 bridgehead atoms. The zero-order valence-electron chi connectivity index (χ0n) is 12.3. The molecule has 2 aromatic heterocycles. The standard InChI is InChI=1S/C15H20N2O2S/c1-5-10(2)14-13(9-18)20-15(16-14)17(4)8-12-7-6-11(3)19-12/h6-7,9-10H,5,8H2,1-4H3. The average Bonchev–Trinajstić information content (AvgIpc) is 3.04. The number of hydrogen-bond donors (Lipinski definition) is 0. The fourth-order valence-corrected chi connectivity index (χ4v) is 2.96. The van der Waals surface area contributed by atoms with Crippen LogP contribution in [0.4, 0.5) is 5.13 Å². The number of thiazole rings is 1. The molecule has 0 aliphatic carbocycles. The summed E-state index contributed by atoms with van der Waals surface area (Å²) in [4.78, 5) is 18.6. The molecule has 1 atom stereocenters. The molecular formula is C15H20N2O2S. The summed E-state index contributed by atoms with van der Waals surface area (Å²) in [6.45, 7) is 6.79. The summed E-state index contributed by atoms with van der Waals surface area (Å²) in [6.07, 6.45) is 1.89. The zero-order chi connectivity index (χ0) is 14.7. The molecule has 0 spiro atoms. The first-order valence-electron chi connectivity index (χ1n) is 6.77. The molecule has 1 unspecified atom stereocenters. The van der Waals surface area contributed by atoms with Gasteiger partial charge in [0.25, 0.3) is 0 Å². The third-order valence-electron chi connectivity index (χ3n) is 3.37. The Labute approximate surface area is 123 Å². The zero-order valence-corrected chi connectivity index (χ0v) is 13.2. The minimum atomic E-state index is 0.305. The Balaban J connectivity index is 2.19. The van der Waals surface area contributed by atoms with Gasteiger partial charge >= 0.3 is 0 Å². The van der Waals surface area contributed by atoms with Crippen LogP contribution in [0, 0.1) is 6.92 Å².